The number of sulfone groups is 1. The lowest BCUT2D eigenvalue weighted by Gasteiger charge is -2.10. The molecule has 0 N–H and O–H groups in total. The van der Waals surface area contributed by atoms with Gasteiger partial charge in [0.05, 0.1) is 9.79 Å². The molecular formula is C21H16O2S. The van der Waals surface area contributed by atoms with Crippen molar-refractivity contribution >= 4 is 31.4 Å². The predicted molar refractivity (Wildman–Crippen MR) is 98.1 cm³/mol. The van der Waals surface area contributed by atoms with Gasteiger partial charge in [-0.3, -0.25) is 0 Å². The summed E-state index contributed by atoms with van der Waals surface area (Å²) in [7, 11) is -3.55. The van der Waals surface area contributed by atoms with Crippen LogP contribution in [-0.2, 0) is 9.84 Å². The molecule has 0 bridgehead atoms. The van der Waals surface area contributed by atoms with Gasteiger partial charge in [-0.15, -0.1) is 0 Å². The first-order valence-corrected chi connectivity index (χ1v) is 9.27. The highest BCUT2D eigenvalue weighted by Crippen LogP contribution is 2.31. The number of hydrogen-bond donors (Lipinski definition) is 0. The Kier molecular flexibility index (Phi) is 3.39. The summed E-state index contributed by atoms with van der Waals surface area (Å²) in [6, 6.07) is 24.4. The number of rotatable bonds is 2. The third kappa shape index (κ3) is 2.38. The van der Waals surface area contributed by atoms with Crippen molar-refractivity contribution in [2.24, 2.45) is 0 Å². The van der Waals surface area contributed by atoms with E-state index in [2.05, 4.69) is 0 Å². The van der Waals surface area contributed by atoms with Crippen molar-refractivity contribution in [2.75, 3.05) is 0 Å². The normalized spacial score (nSPS) is 11.9. The number of benzene rings is 4. The van der Waals surface area contributed by atoms with Gasteiger partial charge < -0.3 is 0 Å². The molecule has 0 atom stereocenters. The average molecular weight is 332 g/mol. The fourth-order valence-electron chi connectivity index (χ4n) is 3.02. The molecule has 0 fully saturated rings. The summed E-state index contributed by atoms with van der Waals surface area (Å²) in [6.07, 6.45) is 0. The van der Waals surface area contributed by atoms with Crippen molar-refractivity contribution in [3.8, 4) is 0 Å². The van der Waals surface area contributed by atoms with Crippen LogP contribution in [0.15, 0.2) is 88.7 Å². The van der Waals surface area contributed by atoms with E-state index in [1.807, 2.05) is 61.5 Å². The zero-order valence-corrected chi connectivity index (χ0v) is 14.0. The zero-order valence-electron chi connectivity index (χ0n) is 13.2. The number of fused-ring (bicyclic) bond motifs is 2. The lowest BCUT2D eigenvalue weighted by atomic mass is 10.0. The Morgan fingerprint density at radius 2 is 1.29 bits per heavy atom. The van der Waals surface area contributed by atoms with Crippen LogP contribution in [0.1, 0.15) is 5.56 Å². The molecule has 0 amide bonds. The first-order chi connectivity index (χ1) is 11.6. The summed E-state index contributed by atoms with van der Waals surface area (Å²) < 4.78 is 26.2. The topological polar surface area (TPSA) is 34.1 Å². The minimum absolute atomic E-state index is 0.328. The Balaban J connectivity index is 2.02. The van der Waals surface area contributed by atoms with Gasteiger partial charge >= 0.3 is 0 Å². The quantitative estimate of drug-likeness (QED) is 0.477. The minimum atomic E-state index is -3.55. The van der Waals surface area contributed by atoms with Crippen molar-refractivity contribution in [1.29, 1.82) is 0 Å². The summed E-state index contributed by atoms with van der Waals surface area (Å²) in [4.78, 5) is 0.684. The Bertz CT molecular complexity index is 1160. The summed E-state index contributed by atoms with van der Waals surface area (Å²) in [5.41, 5.74) is 1.04. The molecule has 0 saturated heterocycles. The monoisotopic (exact) mass is 332 g/mol. The number of aryl methyl sites for hydroxylation is 1. The largest absolute Gasteiger partial charge is 0.218 e. The highest BCUT2D eigenvalue weighted by atomic mass is 32.2. The van der Waals surface area contributed by atoms with E-state index in [0.29, 0.717) is 9.79 Å². The van der Waals surface area contributed by atoms with E-state index >= 15 is 0 Å². The lowest BCUT2D eigenvalue weighted by molar-refractivity contribution is 0.597. The van der Waals surface area contributed by atoms with Crippen molar-refractivity contribution in [3.05, 3.63) is 84.4 Å². The average Bonchev–Trinajstić information content (AvgIpc) is 2.59. The SMILES string of the molecule is Cc1ccc(S(=O)(=O)c2cccc3cc4ccccc4cc23)cc1. The fourth-order valence-corrected chi connectivity index (χ4v) is 4.49. The molecule has 3 heteroatoms. The maximum atomic E-state index is 13.1. The van der Waals surface area contributed by atoms with Crippen molar-refractivity contribution in [3.63, 3.8) is 0 Å². The third-order valence-corrected chi connectivity index (χ3v) is 6.16. The molecular weight excluding hydrogens is 316 g/mol. The molecule has 4 rings (SSSR count). The van der Waals surface area contributed by atoms with E-state index < -0.39 is 9.84 Å². The lowest BCUT2D eigenvalue weighted by Crippen LogP contribution is -2.02. The summed E-state index contributed by atoms with van der Waals surface area (Å²) >= 11 is 0. The van der Waals surface area contributed by atoms with Crippen LogP contribution < -0.4 is 0 Å². The highest BCUT2D eigenvalue weighted by Gasteiger charge is 2.20. The van der Waals surface area contributed by atoms with Crippen LogP contribution in [0, 0.1) is 6.92 Å². The van der Waals surface area contributed by atoms with E-state index in [4.69, 9.17) is 0 Å². The van der Waals surface area contributed by atoms with Gasteiger partial charge in [0.15, 0.2) is 0 Å². The zero-order chi connectivity index (χ0) is 16.7. The molecule has 0 saturated carbocycles. The first-order valence-electron chi connectivity index (χ1n) is 7.79. The molecule has 0 unspecified atom stereocenters. The second kappa shape index (κ2) is 5.46. The van der Waals surface area contributed by atoms with E-state index in [1.165, 1.54) is 0 Å². The van der Waals surface area contributed by atoms with Crippen molar-refractivity contribution < 1.29 is 8.42 Å². The van der Waals surface area contributed by atoms with E-state index in [9.17, 15) is 8.42 Å². The van der Waals surface area contributed by atoms with Gasteiger partial charge in [-0.25, -0.2) is 8.42 Å². The summed E-state index contributed by atoms with van der Waals surface area (Å²) in [5, 5.41) is 3.84. The minimum Gasteiger partial charge on any atom is -0.218 e. The van der Waals surface area contributed by atoms with Crippen LogP contribution in [0.4, 0.5) is 0 Å². The van der Waals surface area contributed by atoms with Gasteiger partial charge in [0.1, 0.15) is 0 Å². The van der Waals surface area contributed by atoms with Crippen LogP contribution >= 0.6 is 0 Å². The van der Waals surface area contributed by atoms with Crippen LogP contribution in [0.2, 0.25) is 0 Å². The molecule has 0 aromatic heterocycles. The van der Waals surface area contributed by atoms with Crippen LogP contribution in [-0.4, -0.2) is 8.42 Å². The molecule has 0 spiro atoms. The van der Waals surface area contributed by atoms with E-state index in [0.717, 1.165) is 27.1 Å². The van der Waals surface area contributed by atoms with Crippen LogP contribution in [0.3, 0.4) is 0 Å². The van der Waals surface area contributed by atoms with Crippen LogP contribution in [0.25, 0.3) is 21.5 Å². The van der Waals surface area contributed by atoms with Gasteiger partial charge in [-0.1, -0.05) is 54.1 Å². The Morgan fingerprint density at radius 1 is 0.667 bits per heavy atom. The summed E-state index contributed by atoms with van der Waals surface area (Å²) in [6.45, 7) is 1.94. The first kappa shape index (κ1) is 14.9. The van der Waals surface area contributed by atoms with Gasteiger partial charge in [-0.2, -0.15) is 0 Å². The Labute approximate surface area is 141 Å². The van der Waals surface area contributed by atoms with E-state index in [-0.39, 0.29) is 0 Å². The molecule has 0 heterocycles. The second-order valence-electron chi connectivity index (χ2n) is 5.99. The molecule has 0 radical (unpaired) electrons. The van der Waals surface area contributed by atoms with Gasteiger partial charge in [0, 0.05) is 5.39 Å². The fraction of sp³-hybridized carbons (Fsp3) is 0.0476. The molecule has 118 valence electrons. The highest BCUT2D eigenvalue weighted by molar-refractivity contribution is 7.91. The van der Waals surface area contributed by atoms with Gasteiger partial charge in [-0.05, 0) is 53.4 Å². The van der Waals surface area contributed by atoms with Crippen molar-refractivity contribution in [2.45, 2.75) is 16.7 Å². The molecule has 2 nitrogen and oxygen atoms in total. The smallest absolute Gasteiger partial charge is 0.207 e. The second-order valence-corrected chi connectivity index (χ2v) is 7.91. The van der Waals surface area contributed by atoms with Gasteiger partial charge in [0.2, 0.25) is 9.84 Å². The molecule has 24 heavy (non-hydrogen) atoms. The maximum Gasteiger partial charge on any atom is 0.207 e. The molecule has 0 aliphatic rings. The van der Waals surface area contributed by atoms with Crippen LogP contribution in [0.5, 0.6) is 0 Å². The predicted octanol–water partition coefficient (Wildman–Crippen LogP) is 5.13. The number of hydrogen-bond acceptors (Lipinski definition) is 2. The molecule has 4 aromatic rings. The Hall–Kier alpha value is -2.65. The van der Waals surface area contributed by atoms with Crippen molar-refractivity contribution in [1.82, 2.24) is 0 Å². The van der Waals surface area contributed by atoms with Gasteiger partial charge in [0.25, 0.3) is 0 Å². The standard InChI is InChI=1S/C21H16O2S/c1-15-9-11-19(12-10-15)24(22,23)21-8-4-7-18-13-16-5-2-3-6-17(16)14-20(18)21/h2-14H,1H3. The van der Waals surface area contributed by atoms with E-state index in [1.54, 1.807) is 24.3 Å². The molecule has 0 aliphatic heterocycles. The third-order valence-electron chi connectivity index (χ3n) is 4.33. The Morgan fingerprint density at radius 3 is 2.00 bits per heavy atom. The molecule has 0 aliphatic carbocycles. The molecule has 4 aromatic carbocycles. The summed E-state index contributed by atoms with van der Waals surface area (Å²) in [5.74, 6) is 0. The maximum absolute atomic E-state index is 13.1.